The van der Waals surface area contributed by atoms with E-state index in [1.807, 2.05) is 30.3 Å². The first-order valence-corrected chi connectivity index (χ1v) is 8.34. The number of aromatic nitrogens is 1. The summed E-state index contributed by atoms with van der Waals surface area (Å²) in [6.07, 6.45) is 1.72. The van der Waals surface area contributed by atoms with Gasteiger partial charge in [-0.05, 0) is 28.2 Å². The van der Waals surface area contributed by atoms with Crippen LogP contribution >= 0.6 is 0 Å². The second kappa shape index (κ2) is 6.31. The van der Waals surface area contributed by atoms with Crippen LogP contribution in [0.1, 0.15) is 53.9 Å². The number of nitrogens with zero attached hydrogens (tertiary/aromatic N) is 2. The van der Waals surface area contributed by atoms with Crippen molar-refractivity contribution in [2.45, 2.75) is 38.6 Å². The molecule has 2 heterocycles. The van der Waals surface area contributed by atoms with Crippen molar-refractivity contribution in [3.63, 3.8) is 0 Å². The minimum Gasteiger partial charge on any atom is -0.481 e. The summed E-state index contributed by atoms with van der Waals surface area (Å²) in [4.78, 5) is 30.3. The average Bonchev–Trinajstić information content (AvgIpc) is 2.59. The highest BCUT2D eigenvalue weighted by molar-refractivity contribution is 5.93. The van der Waals surface area contributed by atoms with Crippen molar-refractivity contribution in [3.8, 4) is 0 Å². The van der Waals surface area contributed by atoms with Gasteiger partial charge >= 0.3 is 5.97 Å². The maximum atomic E-state index is 12.8. The molecule has 1 aromatic heterocycles. The summed E-state index contributed by atoms with van der Waals surface area (Å²) in [5.74, 6) is -1.86. The predicted molar refractivity (Wildman–Crippen MR) is 94.5 cm³/mol. The lowest BCUT2D eigenvalue weighted by Crippen LogP contribution is -2.40. The monoisotopic (exact) mass is 338 g/mol. The van der Waals surface area contributed by atoms with E-state index in [1.165, 1.54) is 0 Å². The molecule has 3 rings (SSSR count). The number of aliphatic carboxylic acids is 1. The molecule has 0 fully saturated rings. The predicted octanol–water partition coefficient (Wildman–Crippen LogP) is 3.20. The van der Waals surface area contributed by atoms with Gasteiger partial charge < -0.3 is 10.0 Å². The highest BCUT2D eigenvalue weighted by Gasteiger charge is 2.33. The summed E-state index contributed by atoms with van der Waals surface area (Å²) in [6.45, 7) is 6.83. The lowest BCUT2D eigenvalue weighted by Gasteiger charge is -2.32. The van der Waals surface area contributed by atoms with Gasteiger partial charge in [0.2, 0.25) is 0 Å². The highest BCUT2D eigenvalue weighted by atomic mass is 16.4. The molecule has 1 aromatic carbocycles. The van der Waals surface area contributed by atoms with Crippen LogP contribution in [0.5, 0.6) is 0 Å². The Morgan fingerprint density at radius 1 is 1.16 bits per heavy atom. The van der Waals surface area contributed by atoms with Crippen LogP contribution in [0, 0.1) is 0 Å². The smallest absolute Gasteiger partial charge is 0.312 e. The van der Waals surface area contributed by atoms with Crippen molar-refractivity contribution >= 4 is 11.9 Å². The fourth-order valence-electron chi connectivity index (χ4n) is 3.10. The number of hydrogen-bond donors (Lipinski definition) is 1. The zero-order chi connectivity index (χ0) is 18.2. The van der Waals surface area contributed by atoms with E-state index in [1.54, 1.807) is 17.2 Å². The molecule has 0 bridgehead atoms. The van der Waals surface area contributed by atoms with Gasteiger partial charge in [0.1, 0.15) is 5.69 Å². The zero-order valence-electron chi connectivity index (χ0n) is 14.7. The van der Waals surface area contributed by atoms with E-state index < -0.39 is 11.9 Å². The molecule has 1 N–H and O–H groups in total. The van der Waals surface area contributed by atoms with Gasteiger partial charge in [0.05, 0.1) is 5.92 Å². The number of carboxylic acids is 1. The van der Waals surface area contributed by atoms with Gasteiger partial charge in [-0.1, -0.05) is 51.1 Å². The van der Waals surface area contributed by atoms with Crippen molar-refractivity contribution < 1.29 is 14.7 Å². The zero-order valence-corrected chi connectivity index (χ0v) is 14.7. The summed E-state index contributed by atoms with van der Waals surface area (Å²) < 4.78 is 0. The minimum atomic E-state index is -0.916. The molecule has 1 amide bonds. The summed E-state index contributed by atoms with van der Waals surface area (Å²) in [5, 5.41) is 9.53. The summed E-state index contributed by atoms with van der Waals surface area (Å²) in [7, 11) is 0. The maximum absolute atomic E-state index is 12.8. The Morgan fingerprint density at radius 2 is 1.88 bits per heavy atom. The van der Waals surface area contributed by atoms with E-state index in [9.17, 15) is 14.7 Å². The third-order valence-electron chi connectivity index (χ3n) is 4.63. The van der Waals surface area contributed by atoms with Gasteiger partial charge in [-0.15, -0.1) is 0 Å². The van der Waals surface area contributed by atoms with Crippen molar-refractivity contribution in [2.75, 3.05) is 6.54 Å². The standard InChI is InChI=1S/C20H22N2O3/c1-20(2,3)14-8-9-17(21-10-14)18(23)22-11-13-6-4-5-7-15(13)16(12-22)19(24)25/h4-10,16H,11-12H2,1-3H3,(H,24,25). The molecule has 0 spiro atoms. The first-order valence-electron chi connectivity index (χ1n) is 8.34. The van der Waals surface area contributed by atoms with E-state index in [0.717, 1.165) is 16.7 Å². The normalized spacial score (nSPS) is 17.1. The molecule has 2 aromatic rings. The lowest BCUT2D eigenvalue weighted by molar-refractivity contribution is -0.139. The first kappa shape index (κ1) is 17.1. The minimum absolute atomic E-state index is 0.0347. The topological polar surface area (TPSA) is 70.5 Å². The maximum Gasteiger partial charge on any atom is 0.312 e. The Balaban J connectivity index is 1.87. The Kier molecular flexibility index (Phi) is 4.33. The first-order chi connectivity index (χ1) is 11.8. The van der Waals surface area contributed by atoms with Crippen LogP contribution in [0.3, 0.4) is 0 Å². The van der Waals surface area contributed by atoms with Gasteiger partial charge in [0.25, 0.3) is 5.91 Å². The molecule has 25 heavy (non-hydrogen) atoms. The van der Waals surface area contributed by atoms with Crippen LogP contribution in [0.2, 0.25) is 0 Å². The van der Waals surface area contributed by atoms with Gasteiger partial charge in [0.15, 0.2) is 0 Å². The van der Waals surface area contributed by atoms with Crippen molar-refractivity contribution in [1.29, 1.82) is 0 Å². The van der Waals surface area contributed by atoms with Crippen LogP contribution in [0.25, 0.3) is 0 Å². The van der Waals surface area contributed by atoms with E-state index in [-0.39, 0.29) is 17.9 Å². The number of benzene rings is 1. The number of hydrogen-bond acceptors (Lipinski definition) is 3. The summed E-state index contributed by atoms with van der Waals surface area (Å²) in [6, 6.07) is 11.0. The number of carbonyl (C=O) groups is 2. The molecule has 130 valence electrons. The molecule has 5 heteroatoms. The lowest BCUT2D eigenvalue weighted by atomic mass is 9.88. The van der Waals surface area contributed by atoms with Crippen molar-refractivity contribution in [3.05, 3.63) is 65.0 Å². The molecule has 1 unspecified atom stereocenters. The van der Waals surface area contributed by atoms with E-state index in [0.29, 0.717) is 12.2 Å². The number of pyridine rings is 1. The van der Waals surface area contributed by atoms with E-state index in [2.05, 4.69) is 25.8 Å². The fraction of sp³-hybridized carbons (Fsp3) is 0.350. The molecule has 1 aliphatic heterocycles. The van der Waals surface area contributed by atoms with Gasteiger partial charge in [-0.3, -0.25) is 14.6 Å². The van der Waals surface area contributed by atoms with Gasteiger partial charge in [0, 0.05) is 19.3 Å². The fourth-order valence-corrected chi connectivity index (χ4v) is 3.10. The van der Waals surface area contributed by atoms with Crippen molar-refractivity contribution in [1.82, 2.24) is 9.88 Å². The Hall–Kier alpha value is -2.69. The molecule has 1 atom stereocenters. The molecule has 1 aliphatic rings. The third-order valence-corrected chi connectivity index (χ3v) is 4.63. The van der Waals surface area contributed by atoms with Crippen LogP contribution < -0.4 is 0 Å². The number of amides is 1. The van der Waals surface area contributed by atoms with Crippen LogP contribution in [0.4, 0.5) is 0 Å². The second-order valence-electron chi connectivity index (χ2n) is 7.46. The molecule has 0 radical (unpaired) electrons. The SMILES string of the molecule is CC(C)(C)c1ccc(C(=O)N2Cc3ccccc3C(C(=O)O)C2)nc1. The van der Waals surface area contributed by atoms with Gasteiger partial charge in [-0.25, -0.2) is 0 Å². The van der Waals surface area contributed by atoms with Crippen LogP contribution in [-0.4, -0.2) is 33.4 Å². The Labute approximate surface area is 147 Å². The molecule has 0 saturated heterocycles. The molecule has 0 saturated carbocycles. The van der Waals surface area contributed by atoms with Crippen molar-refractivity contribution in [2.24, 2.45) is 0 Å². The van der Waals surface area contributed by atoms with Gasteiger partial charge in [-0.2, -0.15) is 0 Å². The number of rotatable bonds is 2. The Bertz CT molecular complexity index is 806. The Morgan fingerprint density at radius 3 is 2.48 bits per heavy atom. The van der Waals surface area contributed by atoms with E-state index >= 15 is 0 Å². The van der Waals surface area contributed by atoms with E-state index in [4.69, 9.17) is 0 Å². The number of carbonyl (C=O) groups excluding carboxylic acids is 1. The molecule has 5 nitrogen and oxygen atoms in total. The van der Waals surface area contributed by atoms with Crippen LogP contribution in [0.15, 0.2) is 42.6 Å². The number of fused-ring (bicyclic) bond motifs is 1. The second-order valence-corrected chi connectivity index (χ2v) is 7.46. The highest BCUT2D eigenvalue weighted by Crippen LogP contribution is 2.29. The molecular weight excluding hydrogens is 316 g/mol. The molecular formula is C20H22N2O3. The molecule has 0 aliphatic carbocycles. The number of carboxylic acid groups (broad SMARTS) is 1. The average molecular weight is 338 g/mol. The largest absolute Gasteiger partial charge is 0.481 e. The van der Waals surface area contributed by atoms with Crippen LogP contribution in [-0.2, 0) is 16.8 Å². The summed E-state index contributed by atoms with van der Waals surface area (Å²) >= 11 is 0. The summed E-state index contributed by atoms with van der Waals surface area (Å²) in [5.41, 5.74) is 3.02. The quantitative estimate of drug-likeness (QED) is 0.913. The third kappa shape index (κ3) is 3.40.